The Morgan fingerprint density at radius 2 is 1.81 bits per heavy atom. The summed E-state index contributed by atoms with van der Waals surface area (Å²) in [6, 6.07) is 21.9. The number of nitrogens with zero attached hydrogens (tertiary/aromatic N) is 4. The van der Waals surface area contributed by atoms with Crippen LogP contribution < -0.4 is 9.64 Å². The molecule has 0 aliphatic carbocycles. The van der Waals surface area contributed by atoms with Crippen LogP contribution >= 0.6 is 11.8 Å². The fourth-order valence-electron chi connectivity index (χ4n) is 3.82. The van der Waals surface area contributed by atoms with Crippen molar-refractivity contribution in [1.29, 1.82) is 0 Å². The molecule has 0 fully saturated rings. The van der Waals surface area contributed by atoms with Crippen molar-refractivity contribution in [2.45, 2.75) is 24.7 Å². The molecule has 5 rings (SSSR count). The standard InChI is InChI=1S/C24H20N4O2S/c1-3-20(29)28-19-11-7-6-10-18(19)21-22(25-24(31-2)27-26-21)30-23(28)17-13-12-15-8-4-5-9-16(15)14-17/h4-14,23H,3H2,1-2H3/t23-/m1/s1. The van der Waals surface area contributed by atoms with Gasteiger partial charge in [-0.3, -0.25) is 9.69 Å². The molecule has 1 atom stereocenters. The largest absolute Gasteiger partial charge is 0.447 e. The summed E-state index contributed by atoms with van der Waals surface area (Å²) >= 11 is 1.39. The van der Waals surface area contributed by atoms with E-state index < -0.39 is 6.23 Å². The minimum Gasteiger partial charge on any atom is -0.447 e. The second-order valence-corrected chi connectivity index (χ2v) is 7.94. The van der Waals surface area contributed by atoms with Gasteiger partial charge in [0.25, 0.3) is 0 Å². The number of ether oxygens (including phenoxy) is 1. The maximum Gasteiger partial charge on any atom is 0.247 e. The number of carbonyl (C=O) groups is 1. The third-order valence-electron chi connectivity index (χ3n) is 5.32. The van der Waals surface area contributed by atoms with Crippen molar-refractivity contribution in [2.75, 3.05) is 11.2 Å². The van der Waals surface area contributed by atoms with Crippen LogP contribution in [0.25, 0.3) is 22.0 Å². The molecule has 2 heterocycles. The van der Waals surface area contributed by atoms with Crippen LogP contribution in [0.15, 0.2) is 71.9 Å². The molecule has 4 aromatic rings. The summed E-state index contributed by atoms with van der Waals surface area (Å²) in [7, 11) is 0. The number of carbonyl (C=O) groups excluding carboxylic acids is 1. The number of benzene rings is 3. The molecule has 0 N–H and O–H groups in total. The quantitative estimate of drug-likeness (QED) is 0.415. The lowest BCUT2D eigenvalue weighted by atomic mass is 10.0. The Labute approximate surface area is 184 Å². The molecule has 1 aliphatic heterocycles. The SMILES string of the molecule is CCC(=O)N1c2ccccc2-c2nnc(SC)nc2O[C@@H]1c1ccc2ccccc2c1. The molecule has 31 heavy (non-hydrogen) atoms. The molecule has 154 valence electrons. The molecule has 6 nitrogen and oxygen atoms in total. The number of amides is 1. The highest BCUT2D eigenvalue weighted by atomic mass is 32.2. The van der Waals surface area contributed by atoms with Gasteiger partial charge in [0.1, 0.15) is 0 Å². The van der Waals surface area contributed by atoms with Gasteiger partial charge in [0.05, 0.1) is 5.69 Å². The molecule has 0 radical (unpaired) electrons. The topological polar surface area (TPSA) is 68.2 Å². The first-order chi connectivity index (χ1) is 15.2. The highest BCUT2D eigenvalue weighted by molar-refractivity contribution is 7.98. The van der Waals surface area contributed by atoms with Gasteiger partial charge in [-0.1, -0.05) is 73.3 Å². The van der Waals surface area contributed by atoms with E-state index in [0.717, 1.165) is 27.6 Å². The Kier molecular flexibility index (Phi) is 5.03. The van der Waals surface area contributed by atoms with Crippen molar-refractivity contribution < 1.29 is 9.53 Å². The Hall–Kier alpha value is -3.45. The van der Waals surface area contributed by atoms with Gasteiger partial charge in [-0.05, 0) is 29.2 Å². The average Bonchev–Trinajstić information content (AvgIpc) is 2.97. The number of fused-ring (bicyclic) bond motifs is 4. The van der Waals surface area contributed by atoms with Crippen molar-refractivity contribution in [3.05, 3.63) is 72.3 Å². The monoisotopic (exact) mass is 428 g/mol. The summed E-state index contributed by atoms with van der Waals surface area (Å²) in [5, 5.41) is 11.3. The maximum absolute atomic E-state index is 13.2. The van der Waals surface area contributed by atoms with E-state index in [1.807, 2.05) is 61.7 Å². The highest BCUT2D eigenvalue weighted by Crippen LogP contribution is 2.43. The molecular weight excluding hydrogens is 408 g/mol. The van der Waals surface area contributed by atoms with Crippen LogP contribution in [0.5, 0.6) is 5.88 Å². The van der Waals surface area contributed by atoms with Crippen LogP contribution in [-0.2, 0) is 4.79 Å². The molecular formula is C24H20N4O2S. The van der Waals surface area contributed by atoms with Crippen LogP contribution in [0.1, 0.15) is 25.1 Å². The Morgan fingerprint density at radius 1 is 1.03 bits per heavy atom. The van der Waals surface area contributed by atoms with Crippen LogP contribution in [0.4, 0.5) is 5.69 Å². The fourth-order valence-corrected chi connectivity index (χ4v) is 4.11. The number of hydrogen-bond donors (Lipinski definition) is 0. The molecule has 0 bridgehead atoms. The zero-order chi connectivity index (χ0) is 21.4. The lowest BCUT2D eigenvalue weighted by Crippen LogP contribution is -2.37. The van der Waals surface area contributed by atoms with Gasteiger partial charge in [0.15, 0.2) is 5.69 Å². The average molecular weight is 429 g/mol. The molecule has 0 spiro atoms. The fraction of sp³-hybridized carbons (Fsp3) is 0.167. The molecule has 3 aromatic carbocycles. The Balaban J connectivity index is 1.76. The molecule has 1 aromatic heterocycles. The van der Waals surface area contributed by atoms with Gasteiger partial charge < -0.3 is 4.74 Å². The number of hydrogen-bond acceptors (Lipinski definition) is 6. The first kappa shape index (κ1) is 19.5. The van der Waals surface area contributed by atoms with E-state index in [4.69, 9.17) is 4.74 Å². The van der Waals surface area contributed by atoms with E-state index in [1.165, 1.54) is 11.8 Å². The lowest BCUT2D eigenvalue weighted by molar-refractivity contribution is -0.120. The van der Waals surface area contributed by atoms with Crippen LogP contribution in [0.3, 0.4) is 0 Å². The third kappa shape index (κ3) is 3.41. The Bertz CT molecular complexity index is 1290. The van der Waals surface area contributed by atoms with Crippen molar-refractivity contribution in [3.63, 3.8) is 0 Å². The first-order valence-electron chi connectivity index (χ1n) is 10.0. The van der Waals surface area contributed by atoms with Crippen LogP contribution in [-0.4, -0.2) is 27.3 Å². The van der Waals surface area contributed by atoms with Crippen LogP contribution in [0, 0.1) is 0 Å². The van der Waals surface area contributed by atoms with Crippen molar-refractivity contribution in [3.8, 4) is 17.1 Å². The summed E-state index contributed by atoms with van der Waals surface area (Å²) in [6.07, 6.45) is 1.56. The van der Waals surface area contributed by atoms with E-state index in [0.29, 0.717) is 23.2 Å². The molecule has 1 aliphatic rings. The van der Waals surface area contributed by atoms with Crippen molar-refractivity contribution >= 4 is 34.1 Å². The zero-order valence-corrected chi connectivity index (χ0v) is 18.0. The smallest absolute Gasteiger partial charge is 0.247 e. The molecule has 1 amide bonds. The van der Waals surface area contributed by atoms with E-state index in [1.54, 1.807) is 4.90 Å². The minimum absolute atomic E-state index is 0.0449. The van der Waals surface area contributed by atoms with Gasteiger partial charge in [-0.2, -0.15) is 4.98 Å². The van der Waals surface area contributed by atoms with Crippen molar-refractivity contribution in [1.82, 2.24) is 15.2 Å². The van der Waals surface area contributed by atoms with Gasteiger partial charge in [0.2, 0.25) is 23.2 Å². The zero-order valence-electron chi connectivity index (χ0n) is 17.1. The summed E-state index contributed by atoms with van der Waals surface area (Å²) in [4.78, 5) is 19.5. The van der Waals surface area contributed by atoms with Gasteiger partial charge >= 0.3 is 0 Å². The highest BCUT2D eigenvalue weighted by Gasteiger charge is 2.35. The second-order valence-electron chi connectivity index (χ2n) is 7.16. The predicted octanol–water partition coefficient (Wildman–Crippen LogP) is 5.25. The van der Waals surface area contributed by atoms with Gasteiger partial charge in [-0.15, -0.1) is 10.2 Å². The van der Waals surface area contributed by atoms with E-state index >= 15 is 0 Å². The summed E-state index contributed by atoms with van der Waals surface area (Å²) in [6.45, 7) is 1.85. The number of aromatic nitrogens is 3. The van der Waals surface area contributed by atoms with E-state index in [9.17, 15) is 4.79 Å². The van der Waals surface area contributed by atoms with E-state index in [-0.39, 0.29) is 5.91 Å². The number of thioether (sulfide) groups is 1. The van der Waals surface area contributed by atoms with Gasteiger partial charge in [0, 0.05) is 17.5 Å². The first-order valence-corrected chi connectivity index (χ1v) is 11.3. The Morgan fingerprint density at radius 3 is 2.61 bits per heavy atom. The number of anilines is 1. The summed E-state index contributed by atoms with van der Waals surface area (Å²) < 4.78 is 6.43. The molecule has 0 saturated carbocycles. The maximum atomic E-state index is 13.2. The normalized spacial score (nSPS) is 15.0. The lowest BCUT2D eigenvalue weighted by Gasteiger charge is -2.30. The molecule has 7 heteroatoms. The van der Waals surface area contributed by atoms with Crippen LogP contribution in [0.2, 0.25) is 0 Å². The van der Waals surface area contributed by atoms with Gasteiger partial charge in [-0.25, -0.2) is 0 Å². The predicted molar refractivity (Wildman–Crippen MR) is 122 cm³/mol. The number of para-hydroxylation sites is 1. The summed E-state index contributed by atoms with van der Waals surface area (Å²) in [5.74, 6) is 0.327. The number of rotatable bonds is 3. The molecule has 0 saturated heterocycles. The molecule has 0 unspecified atom stereocenters. The summed E-state index contributed by atoms with van der Waals surface area (Å²) in [5.41, 5.74) is 2.91. The minimum atomic E-state index is -0.675. The van der Waals surface area contributed by atoms with E-state index in [2.05, 4.69) is 33.4 Å². The third-order valence-corrected chi connectivity index (χ3v) is 5.86. The second kappa shape index (κ2) is 8.00. The van der Waals surface area contributed by atoms with Crippen molar-refractivity contribution in [2.24, 2.45) is 0 Å².